The van der Waals surface area contributed by atoms with Gasteiger partial charge in [0, 0.05) is 30.1 Å². The number of amides is 2. The number of aromatic nitrogens is 1. The summed E-state index contributed by atoms with van der Waals surface area (Å²) in [5.41, 5.74) is 3.92. The van der Waals surface area contributed by atoms with Crippen LogP contribution in [-0.2, 0) is 16.0 Å². The zero-order valence-corrected chi connectivity index (χ0v) is 17.8. The minimum atomic E-state index is -0.527. The van der Waals surface area contributed by atoms with Crippen molar-refractivity contribution < 1.29 is 19.1 Å². The molecule has 3 heterocycles. The molecular weight excluding hydrogens is 394 g/mol. The Bertz CT molecular complexity index is 1180. The minimum Gasteiger partial charge on any atom is -0.493 e. The van der Waals surface area contributed by atoms with Crippen molar-refractivity contribution in [1.29, 1.82) is 0 Å². The molecule has 1 fully saturated rings. The average molecular weight is 419 g/mol. The number of methoxy groups -OCH3 is 1. The van der Waals surface area contributed by atoms with E-state index in [0.29, 0.717) is 24.5 Å². The highest BCUT2D eigenvalue weighted by atomic mass is 16.5. The van der Waals surface area contributed by atoms with E-state index in [4.69, 9.17) is 9.47 Å². The normalized spacial score (nSPS) is 20.6. The Hall–Kier alpha value is -3.48. The van der Waals surface area contributed by atoms with Crippen LogP contribution in [0.5, 0.6) is 11.5 Å². The van der Waals surface area contributed by atoms with Crippen LogP contribution >= 0.6 is 0 Å². The van der Waals surface area contributed by atoms with E-state index in [1.165, 1.54) is 4.90 Å². The SMILES string of the molecule is CCOc1ccc(C2c3[nH]c4ccccc4c3C[C@H]3C(=O)N(C)CC(=O)N23)cc1OC. The molecule has 2 aromatic carbocycles. The second kappa shape index (κ2) is 7.34. The first kappa shape index (κ1) is 19.5. The Labute approximate surface area is 180 Å². The molecule has 0 spiro atoms. The van der Waals surface area contributed by atoms with Crippen LogP contribution in [0.1, 0.15) is 29.8 Å². The van der Waals surface area contributed by atoms with Gasteiger partial charge in [-0.2, -0.15) is 0 Å². The van der Waals surface area contributed by atoms with Crippen molar-refractivity contribution >= 4 is 22.7 Å². The Morgan fingerprint density at radius 1 is 1.13 bits per heavy atom. The number of H-pyrrole nitrogens is 1. The number of hydrogen-bond donors (Lipinski definition) is 1. The molecule has 0 saturated carbocycles. The van der Waals surface area contributed by atoms with Crippen LogP contribution in [0.2, 0.25) is 0 Å². The Kier molecular flexibility index (Phi) is 4.61. The molecule has 7 heteroatoms. The zero-order chi connectivity index (χ0) is 21.7. The largest absolute Gasteiger partial charge is 0.493 e. The molecule has 2 aliphatic rings. The fraction of sp³-hybridized carbons (Fsp3) is 0.333. The highest BCUT2D eigenvalue weighted by Gasteiger charge is 2.47. The van der Waals surface area contributed by atoms with Crippen molar-refractivity contribution in [3.8, 4) is 11.5 Å². The summed E-state index contributed by atoms with van der Waals surface area (Å²) in [5.74, 6) is 1.17. The van der Waals surface area contributed by atoms with Gasteiger partial charge in [0.2, 0.25) is 11.8 Å². The lowest BCUT2D eigenvalue weighted by molar-refractivity contribution is -0.157. The summed E-state index contributed by atoms with van der Waals surface area (Å²) in [6.07, 6.45) is 0.499. The molecular formula is C24H25N3O4. The summed E-state index contributed by atoms with van der Waals surface area (Å²) in [5, 5.41) is 1.09. The Morgan fingerprint density at radius 3 is 2.71 bits per heavy atom. The van der Waals surface area contributed by atoms with E-state index >= 15 is 0 Å². The maximum atomic E-state index is 13.2. The first-order chi connectivity index (χ1) is 15.0. The van der Waals surface area contributed by atoms with Crippen LogP contribution in [0.25, 0.3) is 10.9 Å². The van der Waals surface area contributed by atoms with Gasteiger partial charge in [-0.1, -0.05) is 24.3 Å². The van der Waals surface area contributed by atoms with Gasteiger partial charge in [0.05, 0.1) is 26.3 Å². The van der Waals surface area contributed by atoms with Crippen molar-refractivity contribution in [2.75, 3.05) is 27.3 Å². The average Bonchev–Trinajstić information content (AvgIpc) is 3.15. The van der Waals surface area contributed by atoms with Crippen LogP contribution in [0.15, 0.2) is 42.5 Å². The number of nitrogens with one attached hydrogen (secondary N) is 1. The molecule has 7 nitrogen and oxygen atoms in total. The van der Waals surface area contributed by atoms with E-state index in [2.05, 4.69) is 11.1 Å². The molecule has 31 heavy (non-hydrogen) atoms. The van der Waals surface area contributed by atoms with E-state index in [1.807, 2.05) is 43.3 Å². The third-order valence-electron chi connectivity index (χ3n) is 6.26. The molecule has 2 atom stereocenters. The quantitative estimate of drug-likeness (QED) is 0.706. The number of ether oxygens (including phenoxy) is 2. The van der Waals surface area contributed by atoms with Gasteiger partial charge in [0.1, 0.15) is 6.04 Å². The summed E-state index contributed by atoms with van der Waals surface area (Å²) >= 11 is 0. The van der Waals surface area contributed by atoms with E-state index in [1.54, 1.807) is 19.1 Å². The molecule has 0 aliphatic carbocycles. The van der Waals surface area contributed by atoms with Crippen LogP contribution in [-0.4, -0.2) is 59.9 Å². The van der Waals surface area contributed by atoms with Crippen LogP contribution in [0.4, 0.5) is 0 Å². The number of likely N-dealkylation sites (N-methyl/N-ethyl adjacent to an activating group) is 1. The minimum absolute atomic E-state index is 0.0292. The first-order valence-corrected chi connectivity index (χ1v) is 10.5. The Balaban J connectivity index is 1.72. The summed E-state index contributed by atoms with van der Waals surface area (Å²) in [7, 11) is 3.29. The van der Waals surface area contributed by atoms with Gasteiger partial charge in [-0.3, -0.25) is 9.59 Å². The number of carbonyl (C=O) groups excluding carboxylic acids is 2. The molecule has 160 valence electrons. The van der Waals surface area contributed by atoms with Crippen LogP contribution in [0, 0.1) is 0 Å². The van der Waals surface area contributed by atoms with Crippen molar-refractivity contribution in [2.45, 2.75) is 25.4 Å². The molecule has 1 unspecified atom stereocenters. The second-order valence-electron chi connectivity index (χ2n) is 8.02. The van der Waals surface area contributed by atoms with E-state index in [0.717, 1.165) is 27.7 Å². The fourth-order valence-corrected chi connectivity index (χ4v) is 4.88. The van der Waals surface area contributed by atoms with Gasteiger partial charge >= 0.3 is 0 Å². The van der Waals surface area contributed by atoms with Crippen molar-refractivity contribution in [3.63, 3.8) is 0 Å². The van der Waals surface area contributed by atoms with E-state index < -0.39 is 12.1 Å². The fourth-order valence-electron chi connectivity index (χ4n) is 4.88. The number of para-hydroxylation sites is 1. The highest BCUT2D eigenvalue weighted by molar-refractivity contribution is 5.97. The first-order valence-electron chi connectivity index (χ1n) is 10.5. The molecule has 2 amide bonds. The van der Waals surface area contributed by atoms with Gasteiger partial charge < -0.3 is 24.3 Å². The van der Waals surface area contributed by atoms with Crippen molar-refractivity contribution in [1.82, 2.24) is 14.8 Å². The van der Waals surface area contributed by atoms with E-state index in [9.17, 15) is 9.59 Å². The zero-order valence-electron chi connectivity index (χ0n) is 17.8. The summed E-state index contributed by atoms with van der Waals surface area (Å²) < 4.78 is 11.2. The van der Waals surface area contributed by atoms with E-state index in [-0.39, 0.29) is 18.4 Å². The number of nitrogens with zero attached hydrogens (tertiary/aromatic N) is 2. The number of aromatic amines is 1. The molecule has 1 aromatic heterocycles. The Morgan fingerprint density at radius 2 is 1.94 bits per heavy atom. The van der Waals surface area contributed by atoms with Crippen molar-refractivity contribution in [2.24, 2.45) is 0 Å². The standard InChI is InChI=1S/C24H25N3O4/c1-4-31-19-10-9-14(11-20(19)30-3)23-22-16(15-7-5-6-8-17(15)25-22)12-18-24(29)26(2)13-21(28)27(18)23/h5-11,18,23,25H,4,12-13H2,1-3H3/t18-,23?/m0/s1. The molecule has 5 rings (SSSR count). The predicted molar refractivity (Wildman–Crippen MR) is 116 cm³/mol. The molecule has 0 radical (unpaired) electrons. The second-order valence-corrected chi connectivity index (χ2v) is 8.02. The number of fused-ring (bicyclic) bond motifs is 4. The van der Waals surface area contributed by atoms with Gasteiger partial charge in [0.25, 0.3) is 0 Å². The van der Waals surface area contributed by atoms with Gasteiger partial charge in [-0.15, -0.1) is 0 Å². The third-order valence-corrected chi connectivity index (χ3v) is 6.26. The summed E-state index contributed by atoms with van der Waals surface area (Å²) in [6.45, 7) is 2.53. The van der Waals surface area contributed by atoms with Crippen LogP contribution in [0.3, 0.4) is 0 Å². The highest BCUT2D eigenvalue weighted by Crippen LogP contribution is 2.44. The number of carbonyl (C=O) groups is 2. The molecule has 3 aromatic rings. The van der Waals surface area contributed by atoms with Gasteiger partial charge in [-0.25, -0.2) is 0 Å². The lowest BCUT2D eigenvalue weighted by atomic mass is 9.86. The maximum absolute atomic E-state index is 13.2. The third kappa shape index (κ3) is 2.95. The maximum Gasteiger partial charge on any atom is 0.245 e. The van der Waals surface area contributed by atoms with Crippen molar-refractivity contribution in [3.05, 3.63) is 59.3 Å². The number of piperazine rings is 1. The molecule has 1 N–H and O–H groups in total. The van der Waals surface area contributed by atoms with Gasteiger partial charge in [-0.05, 0) is 36.2 Å². The number of hydrogen-bond acceptors (Lipinski definition) is 4. The topological polar surface area (TPSA) is 74.9 Å². The smallest absolute Gasteiger partial charge is 0.245 e. The molecule has 2 aliphatic heterocycles. The number of benzene rings is 2. The summed E-state index contributed by atoms with van der Waals surface area (Å²) in [6, 6.07) is 12.9. The molecule has 0 bridgehead atoms. The predicted octanol–water partition coefficient (Wildman–Crippen LogP) is 2.89. The lowest BCUT2D eigenvalue weighted by Gasteiger charge is -2.46. The molecule has 1 saturated heterocycles. The van der Waals surface area contributed by atoms with Gasteiger partial charge in [0.15, 0.2) is 11.5 Å². The summed E-state index contributed by atoms with van der Waals surface area (Å²) in [4.78, 5) is 33.1. The number of rotatable bonds is 4. The monoisotopic (exact) mass is 419 g/mol. The van der Waals surface area contributed by atoms with Crippen LogP contribution < -0.4 is 9.47 Å². The lowest BCUT2D eigenvalue weighted by Crippen LogP contribution is -2.62.